The number of carbonyl (C=O) groups is 2. The summed E-state index contributed by atoms with van der Waals surface area (Å²) in [5, 5.41) is 22.1. The molecule has 0 saturated carbocycles. The fraction of sp³-hybridized carbons (Fsp3) is 0.243. The minimum Gasteiger partial charge on any atom is -0.508 e. The van der Waals surface area contributed by atoms with Crippen LogP contribution in [0.5, 0.6) is 11.5 Å². The minimum atomic E-state index is -0.525. The highest BCUT2D eigenvalue weighted by Crippen LogP contribution is 2.36. The third-order valence-electron chi connectivity index (χ3n) is 8.72. The Kier molecular flexibility index (Phi) is 9.03. The Morgan fingerprint density at radius 1 is 0.739 bits per heavy atom. The maximum absolute atomic E-state index is 15.1. The number of nitrogens with one attached hydrogen (secondary N) is 1. The largest absolute Gasteiger partial charge is 0.508 e. The lowest BCUT2D eigenvalue weighted by Gasteiger charge is -2.36. The summed E-state index contributed by atoms with van der Waals surface area (Å²) in [4.78, 5) is 29.5. The Morgan fingerprint density at radius 2 is 1.30 bits per heavy atom. The second-order valence-corrected chi connectivity index (χ2v) is 11.6. The zero-order chi connectivity index (χ0) is 32.2. The van der Waals surface area contributed by atoms with E-state index >= 15 is 4.39 Å². The first-order valence-corrected chi connectivity index (χ1v) is 15.6. The molecule has 2 saturated heterocycles. The molecule has 4 aromatic carbocycles. The van der Waals surface area contributed by atoms with Crippen molar-refractivity contribution in [3.05, 3.63) is 119 Å². The van der Waals surface area contributed by atoms with Gasteiger partial charge in [-0.1, -0.05) is 49.4 Å². The van der Waals surface area contributed by atoms with Crippen molar-refractivity contribution in [1.29, 1.82) is 0 Å². The predicted octanol–water partition coefficient (Wildman–Crippen LogP) is 6.37. The van der Waals surface area contributed by atoms with Crippen LogP contribution in [0.1, 0.15) is 42.0 Å². The maximum atomic E-state index is 15.1. The molecule has 0 aromatic heterocycles. The molecule has 2 heterocycles. The van der Waals surface area contributed by atoms with Gasteiger partial charge in [-0.05, 0) is 82.8 Å². The van der Waals surface area contributed by atoms with E-state index in [0.29, 0.717) is 17.8 Å². The summed E-state index contributed by atoms with van der Waals surface area (Å²) in [5.41, 5.74) is 7.44. The summed E-state index contributed by atoms with van der Waals surface area (Å²) >= 11 is 0. The number of halogens is 1. The number of benzene rings is 4. The number of hydrogen-bond acceptors (Lipinski definition) is 6. The molecular formula is C37H37FN4O4. The van der Waals surface area contributed by atoms with Crippen molar-refractivity contribution in [2.45, 2.75) is 26.3 Å². The van der Waals surface area contributed by atoms with Gasteiger partial charge in [0, 0.05) is 62.6 Å². The number of allylic oxidation sites excluding steroid dienone is 1. The number of imide groups is 1. The number of rotatable bonds is 8. The number of nitrogens with zero attached hydrogens (tertiary/aromatic N) is 3. The van der Waals surface area contributed by atoms with E-state index in [0.717, 1.165) is 66.1 Å². The molecule has 0 radical (unpaired) electrons. The molecule has 8 nitrogen and oxygen atoms in total. The van der Waals surface area contributed by atoms with Gasteiger partial charge in [0.05, 0.1) is 0 Å². The summed E-state index contributed by atoms with van der Waals surface area (Å²) in [6, 6.07) is 27.4. The van der Waals surface area contributed by atoms with Gasteiger partial charge in [0.15, 0.2) is 0 Å². The van der Waals surface area contributed by atoms with E-state index in [-0.39, 0.29) is 36.2 Å². The lowest BCUT2D eigenvalue weighted by molar-refractivity contribution is -0.120. The lowest BCUT2D eigenvalue weighted by atomic mass is 9.88. The highest BCUT2D eigenvalue weighted by atomic mass is 19.1. The number of carbonyl (C=O) groups excluding carboxylic acids is 2. The first-order chi connectivity index (χ1) is 22.3. The van der Waals surface area contributed by atoms with Gasteiger partial charge in [-0.3, -0.25) is 19.9 Å². The highest BCUT2D eigenvalue weighted by molar-refractivity contribution is 6.05. The van der Waals surface area contributed by atoms with Crippen molar-refractivity contribution in [3.8, 4) is 11.5 Å². The molecule has 4 aromatic rings. The van der Waals surface area contributed by atoms with Gasteiger partial charge in [-0.15, -0.1) is 0 Å². The summed E-state index contributed by atoms with van der Waals surface area (Å²) < 4.78 is 15.1. The molecule has 3 N–H and O–H groups in total. The molecule has 236 valence electrons. The molecule has 9 heteroatoms. The number of hydrogen-bond donors (Lipinski definition) is 3. The molecule has 0 atom stereocenters. The molecule has 0 spiro atoms. The Bertz CT molecular complexity index is 1750. The molecule has 6 rings (SSSR count). The van der Waals surface area contributed by atoms with Crippen LogP contribution < -0.4 is 15.1 Å². The average molecular weight is 621 g/mol. The number of aromatic hydroxyl groups is 2. The van der Waals surface area contributed by atoms with Crippen LogP contribution in [0.2, 0.25) is 0 Å². The second-order valence-electron chi connectivity index (χ2n) is 11.6. The molecule has 0 unspecified atom stereocenters. The van der Waals surface area contributed by atoms with E-state index in [1.54, 1.807) is 36.4 Å². The summed E-state index contributed by atoms with van der Waals surface area (Å²) in [5.74, 6) is -0.247. The first-order valence-electron chi connectivity index (χ1n) is 15.6. The highest BCUT2D eigenvalue weighted by Gasteiger charge is 2.25. The standard InChI is InChI=1S/C37H37FN4O4/c1-2-33(25-6-13-31(43)14-7-25)36(27-8-15-32(44)16-9-27)26-3-10-29(11-4-26)41-21-19-40(20-22-41)24-28-5-12-30(23-34(28)38)42-18-17-35(45)39-37(42)46/h3-16,23,43-44H,2,17-22,24H2,1H3,(H,39,45,46). The van der Waals surface area contributed by atoms with E-state index in [2.05, 4.69) is 46.3 Å². The fourth-order valence-corrected chi connectivity index (χ4v) is 6.22. The van der Waals surface area contributed by atoms with Crippen molar-refractivity contribution in [2.75, 3.05) is 42.5 Å². The van der Waals surface area contributed by atoms with E-state index in [4.69, 9.17) is 0 Å². The summed E-state index contributed by atoms with van der Waals surface area (Å²) in [7, 11) is 0. The summed E-state index contributed by atoms with van der Waals surface area (Å²) in [6.07, 6.45) is 0.973. The molecule has 2 aliphatic rings. The van der Waals surface area contributed by atoms with Crippen LogP contribution in [0.3, 0.4) is 0 Å². The molecule has 0 aliphatic carbocycles. The quantitative estimate of drug-likeness (QED) is 0.198. The van der Waals surface area contributed by atoms with Crippen molar-refractivity contribution in [2.24, 2.45) is 0 Å². The number of anilines is 2. The minimum absolute atomic E-state index is 0.192. The van der Waals surface area contributed by atoms with Gasteiger partial charge in [-0.25, -0.2) is 9.18 Å². The van der Waals surface area contributed by atoms with Crippen LogP contribution in [0.25, 0.3) is 11.1 Å². The molecule has 2 aliphatic heterocycles. The third kappa shape index (κ3) is 6.74. The zero-order valence-electron chi connectivity index (χ0n) is 25.7. The van der Waals surface area contributed by atoms with Crippen molar-refractivity contribution in [3.63, 3.8) is 0 Å². The van der Waals surface area contributed by atoms with Crippen molar-refractivity contribution >= 4 is 34.5 Å². The van der Waals surface area contributed by atoms with Gasteiger partial charge >= 0.3 is 6.03 Å². The SMILES string of the molecule is CCC(=C(c1ccc(O)cc1)c1ccc(N2CCN(Cc3ccc(N4CCC(=O)NC4=O)cc3F)CC2)cc1)c1ccc(O)cc1. The van der Waals surface area contributed by atoms with Gasteiger partial charge in [0.1, 0.15) is 17.3 Å². The number of amides is 3. The van der Waals surface area contributed by atoms with E-state index in [9.17, 15) is 19.8 Å². The topological polar surface area (TPSA) is 96.4 Å². The second kappa shape index (κ2) is 13.5. The van der Waals surface area contributed by atoms with E-state index in [1.165, 1.54) is 11.0 Å². The van der Waals surface area contributed by atoms with E-state index in [1.807, 2.05) is 24.3 Å². The molecule has 0 bridgehead atoms. The monoisotopic (exact) mass is 620 g/mol. The molecule has 3 amide bonds. The molecular weight excluding hydrogens is 583 g/mol. The Labute approximate surface area is 268 Å². The maximum Gasteiger partial charge on any atom is 0.328 e. The molecule has 46 heavy (non-hydrogen) atoms. The number of piperazine rings is 1. The van der Waals surface area contributed by atoms with Crippen molar-refractivity contribution in [1.82, 2.24) is 10.2 Å². The van der Waals surface area contributed by atoms with E-state index < -0.39 is 6.03 Å². The molecule has 2 fully saturated rings. The zero-order valence-corrected chi connectivity index (χ0v) is 25.7. The van der Waals surface area contributed by atoms with Crippen LogP contribution >= 0.6 is 0 Å². The van der Waals surface area contributed by atoms with Crippen LogP contribution in [-0.2, 0) is 11.3 Å². The van der Waals surface area contributed by atoms with Crippen LogP contribution in [-0.4, -0.2) is 59.8 Å². The number of phenolic OH excluding ortho intramolecular Hbond substituents is 2. The number of phenols is 2. The smallest absolute Gasteiger partial charge is 0.328 e. The van der Waals surface area contributed by atoms with Crippen LogP contribution in [0, 0.1) is 5.82 Å². The van der Waals surface area contributed by atoms with Crippen LogP contribution in [0.15, 0.2) is 91.0 Å². The lowest BCUT2D eigenvalue weighted by Crippen LogP contribution is -2.49. The van der Waals surface area contributed by atoms with Crippen molar-refractivity contribution < 1.29 is 24.2 Å². The van der Waals surface area contributed by atoms with Gasteiger partial charge in [0.2, 0.25) is 5.91 Å². The van der Waals surface area contributed by atoms with Gasteiger partial charge < -0.3 is 15.1 Å². The Hall–Kier alpha value is -5.15. The normalized spacial score (nSPS) is 16.3. The van der Waals surface area contributed by atoms with Gasteiger partial charge in [-0.2, -0.15) is 0 Å². The Morgan fingerprint density at radius 3 is 1.87 bits per heavy atom. The van der Waals surface area contributed by atoms with Gasteiger partial charge in [0.25, 0.3) is 0 Å². The predicted molar refractivity (Wildman–Crippen MR) is 178 cm³/mol. The third-order valence-corrected chi connectivity index (χ3v) is 8.72. The number of urea groups is 1. The van der Waals surface area contributed by atoms with Crippen LogP contribution in [0.4, 0.5) is 20.6 Å². The average Bonchev–Trinajstić information content (AvgIpc) is 3.06. The first kappa shape index (κ1) is 30.9. The Balaban J connectivity index is 1.14. The fourth-order valence-electron chi connectivity index (χ4n) is 6.22. The summed E-state index contributed by atoms with van der Waals surface area (Å²) in [6.45, 7) is 5.98.